The molecule has 5 heteroatoms. The number of hydrogen-bond acceptors (Lipinski definition) is 5. The standard InChI is InChI=1S/C24H30N2O3/c1-16(2)22-14-7-18(4)15-23(22)29-24(27)28-21-12-10-20(11-13-21)26-25-19-8-5-17(3)6-9-19/h5-6,8-13,16,18,22-23H,7,14-15H2,1-4H3/t18-,22+,23?/m1/s1. The molecular formula is C24H30N2O3. The highest BCUT2D eigenvalue weighted by molar-refractivity contribution is 5.64. The molecule has 5 nitrogen and oxygen atoms in total. The summed E-state index contributed by atoms with van der Waals surface area (Å²) in [5.74, 6) is 1.89. The number of carbonyl (C=O) groups is 1. The lowest BCUT2D eigenvalue weighted by atomic mass is 9.75. The van der Waals surface area contributed by atoms with E-state index in [0.29, 0.717) is 29.2 Å². The molecule has 154 valence electrons. The van der Waals surface area contributed by atoms with E-state index in [9.17, 15) is 4.79 Å². The van der Waals surface area contributed by atoms with E-state index in [1.54, 1.807) is 24.3 Å². The number of hydrogen-bond donors (Lipinski definition) is 0. The van der Waals surface area contributed by atoms with Crippen LogP contribution in [-0.2, 0) is 4.74 Å². The van der Waals surface area contributed by atoms with Crippen molar-refractivity contribution in [2.75, 3.05) is 0 Å². The van der Waals surface area contributed by atoms with Crippen LogP contribution in [0.15, 0.2) is 58.8 Å². The lowest BCUT2D eigenvalue weighted by molar-refractivity contribution is -0.0136. The zero-order valence-corrected chi connectivity index (χ0v) is 17.7. The van der Waals surface area contributed by atoms with Crippen molar-refractivity contribution < 1.29 is 14.3 Å². The minimum atomic E-state index is -0.635. The number of nitrogens with zero attached hydrogens (tertiary/aromatic N) is 2. The van der Waals surface area contributed by atoms with Gasteiger partial charge in [0.1, 0.15) is 11.9 Å². The van der Waals surface area contributed by atoms with E-state index in [2.05, 4.69) is 31.0 Å². The predicted octanol–water partition coefficient (Wildman–Crippen LogP) is 7.39. The summed E-state index contributed by atoms with van der Waals surface area (Å²) >= 11 is 0. The Kier molecular flexibility index (Phi) is 7.02. The van der Waals surface area contributed by atoms with Gasteiger partial charge in [0.15, 0.2) is 0 Å². The van der Waals surface area contributed by atoms with Crippen LogP contribution in [0, 0.1) is 24.7 Å². The van der Waals surface area contributed by atoms with Gasteiger partial charge in [-0.25, -0.2) is 4.79 Å². The molecule has 2 aromatic carbocycles. The normalized spacial score (nSPS) is 22.0. The van der Waals surface area contributed by atoms with Crippen LogP contribution in [0.3, 0.4) is 0 Å². The summed E-state index contributed by atoms with van der Waals surface area (Å²) < 4.78 is 11.1. The van der Waals surface area contributed by atoms with Crippen LogP contribution in [0.5, 0.6) is 5.75 Å². The number of ether oxygens (including phenoxy) is 2. The molecule has 0 radical (unpaired) electrons. The molecule has 1 unspecified atom stereocenters. The van der Waals surface area contributed by atoms with E-state index in [1.807, 2.05) is 31.2 Å². The van der Waals surface area contributed by atoms with Crippen molar-refractivity contribution in [3.63, 3.8) is 0 Å². The van der Waals surface area contributed by atoms with Gasteiger partial charge < -0.3 is 9.47 Å². The van der Waals surface area contributed by atoms with Crippen molar-refractivity contribution >= 4 is 17.5 Å². The third-order valence-electron chi connectivity index (χ3n) is 5.56. The van der Waals surface area contributed by atoms with Gasteiger partial charge in [-0.3, -0.25) is 0 Å². The molecule has 0 spiro atoms. The highest BCUT2D eigenvalue weighted by atomic mass is 16.7. The maximum Gasteiger partial charge on any atom is 0.514 e. The first kappa shape index (κ1) is 21.0. The third-order valence-corrected chi connectivity index (χ3v) is 5.56. The molecule has 1 saturated carbocycles. The Morgan fingerprint density at radius 3 is 2.14 bits per heavy atom. The van der Waals surface area contributed by atoms with Crippen molar-refractivity contribution in [3.8, 4) is 5.75 Å². The summed E-state index contributed by atoms with van der Waals surface area (Å²) in [6.07, 6.45) is 2.47. The largest absolute Gasteiger partial charge is 0.514 e. The molecule has 0 bridgehead atoms. The Morgan fingerprint density at radius 2 is 1.55 bits per heavy atom. The van der Waals surface area contributed by atoms with Crippen LogP contribution < -0.4 is 4.74 Å². The van der Waals surface area contributed by atoms with Crippen molar-refractivity contribution in [2.24, 2.45) is 28.0 Å². The zero-order valence-electron chi connectivity index (χ0n) is 17.7. The minimum Gasteiger partial charge on any atom is -0.430 e. The highest BCUT2D eigenvalue weighted by Gasteiger charge is 2.33. The molecule has 0 saturated heterocycles. The Bertz CT molecular complexity index is 828. The van der Waals surface area contributed by atoms with Crippen molar-refractivity contribution in [3.05, 3.63) is 54.1 Å². The summed E-state index contributed by atoms with van der Waals surface area (Å²) in [5, 5.41) is 8.42. The second-order valence-corrected chi connectivity index (χ2v) is 8.36. The summed E-state index contributed by atoms with van der Waals surface area (Å²) in [6.45, 7) is 8.61. The molecule has 0 aliphatic heterocycles. The molecule has 0 aromatic heterocycles. The molecule has 0 amide bonds. The highest BCUT2D eigenvalue weighted by Crippen LogP contribution is 2.35. The van der Waals surface area contributed by atoms with Gasteiger partial charge in [-0.1, -0.05) is 44.9 Å². The van der Waals surface area contributed by atoms with E-state index in [1.165, 1.54) is 12.0 Å². The average molecular weight is 395 g/mol. The Balaban J connectivity index is 1.56. The molecular weight excluding hydrogens is 364 g/mol. The van der Waals surface area contributed by atoms with Gasteiger partial charge in [0.05, 0.1) is 11.4 Å². The Morgan fingerprint density at radius 1 is 0.966 bits per heavy atom. The van der Waals surface area contributed by atoms with Gasteiger partial charge in [0.2, 0.25) is 0 Å². The molecule has 1 fully saturated rings. The summed E-state index contributed by atoms with van der Waals surface area (Å²) in [4.78, 5) is 12.3. The number of carbonyl (C=O) groups excluding carboxylic acids is 1. The fraction of sp³-hybridized carbons (Fsp3) is 0.458. The van der Waals surface area contributed by atoms with Gasteiger partial charge in [0.25, 0.3) is 0 Å². The van der Waals surface area contributed by atoms with E-state index < -0.39 is 6.16 Å². The zero-order chi connectivity index (χ0) is 20.8. The fourth-order valence-corrected chi connectivity index (χ4v) is 3.80. The predicted molar refractivity (Wildman–Crippen MR) is 114 cm³/mol. The second-order valence-electron chi connectivity index (χ2n) is 8.36. The second kappa shape index (κ2) is 9.68. The summed E-state index contributed by atoms with van der Waals surface area (Å²) in [5.41, 5.74) is 2.66. The maximum atomic E-state index is 12.3. The molecule has 0 heterocycles. The monoisotopic (exact) mass is 394 g/mol. The van der Waals surface area contributed by atoms with Crippen LogP contribution in [-0.4, -0.2) is 12.3 Å². The van der Waals surface area contributed by atoms with E-state index in [0.717, 1.165) is 18.5 Å². The smallest absolute Gasteiger partial charge is 0.430 e. The first-order valence-corrected chi connectivity index (χ1v) is 10.4. The molecule has 0 N–H and O–H groups in total. The third kappa shape index (κ3) is 6.14. The minimum absolute atomic E-state index is 0.0752. The molecule has 3 atom stereocenters. The van der Waals surface area contributed by atoms with Crippen molar-refractivity contribution in [1.29, 1.82) is 0 Å². The number of rotatable bonds is 5. The van der Waals surface area contributed by atoms with Crippen LogP contribution in [0.1, 0.15) is 45.6 Å². The number of azo groups is 1. The quantitative estimate of drug-likeness (QED) is 0.302. The first-order valence-electron chi connectivity index (χ1n) is 10.4. The van der Waals surface area contributed by atoms with E-state index in [4.69, 9.17) is 9.47 Å². The Labute approximate surface area is 173 Å². The van der Waals surface area contributed by atoms with Gasteiger partial charge in [-0.2, -0.15) is 10.2 Å². The average Bonchev–Trinajstić information content (AvgIpc) is 2.68. The topological polar surface area (TPSA) is 60.2 Å². The maximum absolute atomic E-state index is 12.3. The first-order chi connectivity index (χ1) is 13.9. The SMILES string of the molecule is Cc1ccc(N=Nc2ccc(OC(=O)OC3C[C@H](C)CC[C@H]3C(C)C)cc2)cc1. The number of aryl methyl sites for hydroxylation is 1. The van der Waals surface area contributed by atoms with Crippen LogP contribution in [0.2, 0.25) is 0 Å². The van der Waals surface area contributed by atoms with E-state index >= 15 is 0 Å². The van der Waals surface area contributed by atoms with Gasteiger partial charge in [0, 0.05) is 0 Å². The van der Waals surface area contributed by atoms with Gasteiger partial charge in [-0.15, -0.1) is 0 Å². The Hall–Kier alpha value is -2.69. The van der Waals surface area contributed by atoms with Crippen molar-refractivity contribution in [1.82, 2.24) is 0 Å². The molecule has 29 heavy (non-hydrogen) atoms. The summed E-state index contributed by atoms with van der Waals surface area (Å²) in [7, 11) is 0. The lowest BCUT2D eigenvalue weighted by Crippen LogP contribution is -2.36. The molecule has 1 aliphatic carbocycles. The van der Waals surface area contributed by atoms with Gasteiger partial charge in [-0.05, 0) is 73.9 Å². The van der Waals surface area contributed by atoms with Crippen LogP contribution in [0.4, 0.5) is 16.2 Å². The summed E-state index contributed by atoms with van der Waals surface area (Å²) in [6, 6.07) is 14.8. The van der Waals surface area contributed by atoms with Crippen LogP contribution in [0.25, 0.3) is 0 Å². The molecule has 2 aromatic rings. The molecule has 1 aliphatic rings. The lowest BCUT2D eigenvalue weighted by Gasteiger charge is -2.36. The van der Waals surface area contributed by atoms with Crippen molar-refractivity contribution in [2.45, 2.75) is 53.1 Å². The number of benzene rings is 2. The fourth-order valence-electron chi connectivity index (χ4n) is 3.80. The van der Waals surface area contributed by atoms with Crippen LogP contribution >= 0.6 is 0 Å². The van der Waals surface area contributed by atoms with Gasteiger partial charge >= 0.3 is 6.16 Å². The molecule has 3 rings (SSSR count). The van der Waals surface area contributed by atoms with E-state index in [-0.39, 0.29) is 6.10 Å².